The van der Waals surface area contributed by atoms with Gasteiger partial charge in [-0.25, -0.2) is 0 Å². The number of nitrogens with zero attached hydrogens (tertiary/aromatic N) is 1. The van der Waals surface area contributed by atoms with E-state index in [0.717, 1.165) is 17.7 Å². The van der Waals surface area contributed by atoms with Gasteiger partial charge in [-0.15, -0.1) is 0 Å². The summed E-state index contributed by atoms with van der Waals surface area (Å²) in [6.07, 6.45) is -0.0173. The summed E-state index contributed by atoms with van der Waals surface area (Å²) in [5.74, 6) is 1.18. The average Bonchev–Trinajstić information content (AvgIpc) is 2.33. The fourth-order valence-corrected chi connectivity index (χ4v) is 2.12. The highest BCUT2D eigenvalue weighted by Gasteiger charge is 2.27. The van der Waals surface area contributed by atoms with Crippen molar-refractivity contribution in [2.45, 2.75) is 20.0 Å². The molecule has 1 aliphatic heterocycles. The highest BCUT2D eigenvalue weighted by molar-refractivity contribution is 5.78. The van der Waals surface area contributed by atoms with Crippen molar-refractivity contribution >= 4 is 11.4 Å². The number of anilines is 2. The van der Waals surface area contributed by atoms with E-state index in [4.69, 9.17) is 20.9 Å². The molecule has 0 radical (unpaired) electrons. The van der Waals surface area contributed by atoms with Gasteiger partial charge in [0.2, 0.25) is 0 Å². The number of likely N-dealkylation sites (N-methyl/N-ethyl adjacent to an activating group) is 1. The van der Waals surface area contributed by atoms with Gasteiger partial charge in [-0.3, -0.25) is 0 Å². The normalized spacial score (nSPS) is 18.2. The SMILES string of the molecule is Cc1c(C)c(N)c2c(c1N)OCC(CN(C)C)O2. The molecule has 0 spiro atoms. The van der Waals surface area contributed by atoms with Gasteiger partial charge in [0.15, 0.2) is 11.5 Å². The van der Waals surface area contributed by atoms with Gasteiger partial charge in [-0.1, -0.05) is 0 Å². The van der Waals surface area contributed by atoms with Crippen LogP contribution in [0.3, 0.4) is 0 Å². The van der Waals surface area contributed by atoms with Crippen LogP contribution >= 0.6 is 0 Å². The van der Waals surface area contributed by atoms with Crippen molar-refractivity contribution in [1.29, 1.82) is 0 Å². The third-order valence-electron chi connectivity index (χ3n) is 3.33. The first-order chi connectivity index (χ1) is 8.41. The molecular formula is C13H21N3O2. The third kappa shape index (κ3) is 2.06. The number of fused-ring (bicyclic) bond motifs is 1. The van der Waals surface area contributed by atoms with Gasteiger partial charge in [0.05, 0.1) is 11.4 Å². The Balaban J connectivity index is 2.38. The fourth-order valence-electron chi connectivity index (χ4n) is 2.12. The molecule has 5 nitrogen and oxygen atoms in total. The zero-order chi connectivity index (χ0) is 13.4. The molecule has 1 aromatic rings. The molecule has 1 aromatic carbocycles. The van der Waals surface area contributed by atoms with Gasteiger partial charge < -0.3 is 25.8 Å². The maximum atomic E-state index is 6.09. The van der Waals surface area contributed by atoms with E-state index in [1.165, 1.54) is 0 Å². The highest BCUT2D eigenvalue weighted by Crippen LogP contribution is 2.45. The molecule has 2 rings (SSSR count). The fraction of sp³-hybridized carbons (Fsp3) is 0.538. The molecule has 1 unspecified atom stereocenters. The first kappa shape index (κ1) is 12.8. The second kappa shape index (κ2) is 4.57. The zero-order valence-electron chi connectivity index (χ0n) is 11.4. The van der Waals surface area contributed by atoms with E-state index >= 15 is 0 Å². The number of nitrogens with two attached hydrogens (primary N) is 2. The van der Waals surface area contributed by atoms with Crippen LogP contribution in [0.2, 0.25) is 0 Å². The summed E-state index contributed by atoms with van der Waals surface area (Å²) in [5, 5.41) is 0. The molecule has 0 fully saturated rings. The Morgan fingerprint density at radius 3 is 2.22 bits per heavy atom. The predicted molar refractivity (Wildman–Crippen MR) is 73.2 cm³/mol. The van der Waals surface area contributed by atoms with Crippen LogP contribution in [0.5, 0.6) is 11.5 Å². The van der Waals surface area contributed by atoms with Crippen LogP contribution in [0.4, 0.5) is 11.4 Å². The number of nitrogen functional groups attached to an aromatic ring is 2. The molecule has 0 bridgehead atoms. The van der Waals surface area contributed by atoms with Crippen LogP contribution in [0.25, 0.3) is 0 Å². The van der Waals surface area contributed by atoms with Crippen molar-refractivity contribution in [3.63, 3.8) is 0 Å². The largest absolute Gasteiger partial charge is 0.484 e. The maximum absolute atomic E-state index is 6.09. The topological polar surface area (TPSA) is 73.7 Å². The van der Waals surface area contributed by atoms with Gasteiger partial charge in [-0.05, 0) is 39.1 Å². The number of hydrogen-bond donors (Lipinski definition) is 2. The van der Waals surface area contributed by atoms with Gasteiger partial charge in [-0.2, -0.15) is 0 Å². The molecule has 0 saturated carbocycles. The van der Waals surface area contributed by atoms with Crippen LogP contribution in [0.15, 0.2) is 0 Å². The zero-order valence-corrected chi connectivity index (χ0v) is 11.4. The molecule has 0 aliphatic carbocycles. The van der Waals surface area contributed by atoms with E-state index in [0.29, 0.717) is 29.5 Å². The van der Waals surface area contributed by atoms with Crippen molar-refractivity contribution in [3.05, 3.63) is 11.1 Å². The Hall–Kier alpha value is -1.62. The molecule has 0 amide bonds. The third-order valence-corrected chi connectivity index (χ3v) is 3.33. The second-order valence-corrected chi connectivity index (χ2v) is 5.05. The molecule has 4 N–H and O–H groups in total. The molecular weight excluding hydrogens is 230 g/mol. The molecule has 18 heavy (non-hydrogen) atoms. The van der Waals surface area contributed by atoms with E-state index in [-0.39, 0.29) is 6.10 Å². The molecule has 100 valence electrons. The maximum Gasteiger partial charge on any atom is 0.187 e. The number of benzene rings is 1. The summed E-state index contributed by atoms with van der Waals surface area (Å²) in [7, 11) is 3.99. The molecule has 1 atom stereocenters. The van der Waals surface area contributed by atoms with Gasteiger partial charge in [0.1, 0.15) is 12.7 Å². The summed E-state index contributed by atoms with van der Waals surface area (Å²) < 4.78 is 11.6. The Kier molecular flexibility index (Phi) is 3.26. The summed E-state index contributed by atoms with van der Waals surface area (Å²) >= 11 is 0. The predicted octanol–water partition coefficient (Wildman–Crippen LogP) is 1.17. The minimum absolute atomic E-state index is 0.0173. The molecule has 0 saturated heterocycles. The van der Waals surface area contributed by atoms with Crippen molar-refractivity contribution < 1.29 is 9.47 Å². The number of hydrogen-bond acceptors (Lipinski definition) is 5. The Bertz CT molecular complexity index is 472. The second-order valence-electron chi connectivity index (χ2n) is 5.05. The first-order valence-corrected chi connectivity index (χ1v) is 6.04. The van der Waals surface area contributed by atoms with Gasteiger partial charge >= 0.3 is 0 Å². The summed E-state index contributed by atoms with van der Waals surface area (Å²) in [6, 6.07) is 0. The minimum atomic E-state index is -0.0173. The van der Waals surface area contributed by atoms with E-state index in [1.807, 2.05) is 27.9 Å². The summed E-state index contributed by atoms with van der Waals surface area (Å²) in [5.41, 5.74) is 15.3. The van der Waals surface area contributed by atoms with Crippen LogP contribution in [-0.2, 0) is 0 Å². The Labute approximate surface area is 108 Å². The lowest BCUT2D eigenvalue weighted by Gasteiger charge is -2.31. The van der Waals surface area contributed by atoms with Crippen LogP contribution in [0.1, 0.15) is 11.1 Å². The van der Waals surface area contributed by atoms with Gasteiger partial charge in [0.25, 0.3) is 0 Å². The van der Waals surface area contributed by atoms with Crippen molar-refractivity contribution in [2.75, 3.05) is 38.7 Å². The van der Waals surface area contributed by atoms with Crippen molar-refractivity contribution in [2.24, 2.45) is 0 Å². The van der Waals surface area contributed by atoms with Gasteiger partial charge in [0, 0.05) is 6.54 Å². The molecule has 1 heterocycles. The first-order valence-electron chi connectivity index (χ1n) is 6.04. The average molecular weight is 251 g/mol. The Morgan fingerprint density at radius 2 is 1.67 bits per heavy atom. The molecule has 5 heteroatoms. The van der Waals surface area contributed by atoms with E-state index in [2.05, 4.69) is 4.90 Å². The summed E-state index contributed by atoms with van der Waals surface area (Å²) in [4.78, 5) is 2.06. The lowest BCUT2D eigenvalue weighted by molar-refractivity contribution is 0.0725. The number of rotatable bonds is 2. The monoisotopic (exact) mass is 251 g/mol. The minimum Gasteiger partial charge on any atom is -0.484 e. The van der Waals surface area contributed by atoms with Crippen molar-refractivity contribution in [1.82, 2.24) is 4.90 Å². The van der Waals surface area contributed by atoms with Crippen LogP contribution in [0, 0.1) is 13.8 Å². The lowest BCUT2D eigenvalue weighted by atomic mass is 10.0. The van der Waals surface area contributed by atoms with Crippen LogP contribution < -0.4 is 20.9 Å². The smallest absolute Gasteiger partial charge is 0.187 e. The lowest BCUT2D eigenvalue weighted by Crippen LogP contribution is -2.38. The summed E-state index contributed by atoms with van der Waals surface area (Å²) in [6.45, 7) is 5.17. The van der Waals surface area contributed by atoms with Crippen LogP contribution in [-0.4, -0.2) is 38.3 Å². The van der Waals surface area contributed by atoms with E-state index in [1.54, 1.807) is 0 Å². The highest BCUT2D eigenvalue weighted by atomic mass is 16.6. The quantitative estimate of drug-likeness (QED) is 0.772. The number of ether oxygens (including phenoxy) is 2. The Morgan fingerprint density at radius 1 is 1.11 bits per heavy atom. The molecule has 1 aliphatic rings. The van der Waals surface area contributed by atoms with E-state index in [9.17, 15) is 0 Å². The molecule has 0 aromatic heterocycles. The van der Waals surface area contributed by atoms with Crippen molar-refractivity contribution in [3.8, 4) is 11.5 Å². The standard InChI is InChI=1S/C13H21N3O2/c1-7-8(2)11(15)13-12(10(7)14)17-6-9(18-13)5-16(3)4/h9H,5-6,14-15H2,1-4H3. The van der Waals surface area contributed by atoms with E-state index < -0.39 is 0 Å².